The molecule has 0 saturated carbocycles. The Kier molecular flexibility index (Phi) is 2.24. The monoisotopic (exact) mass is 189 g/mol. The van der Waals surface area contributed by atoms with E-state index >= 15 is 0 Å². The zero-order valence-corrected chi connectivity index (χ0v) is 7.88. The van der Waals surface area contributed by atoms with Crippen molar-refractivity contribution in [2.45, 2.75) is 13.5 Å². The first kappa shape index (κ1) is 8.83. The van der Waals surface area contributed by atoms with E-state index in [2.05, 4.69) is 15.1 Å². The Bertz CT molecular complexity index is 434. The first-order valence-electron chi connectivity index (χ1n) is 4.32. The lowest BCUT2D eigenvalue weighted by Crippen LogP contribution is -2.04. The Hall–Kier alpha value is -1.75. The molecule has 0 aliphatic heterocycles. The lowest BCUT2D eigenvalue weighted by atomic mass is 10.4. The third-order valence-corrected chi connectivity index (χ3v) is 1.86. The summed E-state index contributed by atoms with van der Waals surface area (Å²) in [6, 6.07) is 1.83. The Labute approximate surface area is 81.6 Å². The molecule has 5 heteroatoms. The molecular formula is C9H11N5. The van der Waals surface area contributed by atoms with Crippen LogP contribution in [0.5, 0.6) is 0 Å². The van der Waals surface area contributed by atoms with Gasteiger partial charge < -0.3 is 5.73 Å². The van der Waals surface area contributed by atoms with E-state index in [9.17, 15) is 0 Å². The van der Waals surface area contributed by atoms with E-state index in [0.717, 1.165) is 17.1 Å². The van der Waals surface area contributed by atoms with Crippen molar-refractivity contribution in [3.05, 3.63) is 36.0 Å². The van der Waals surface area contributed by atoms with E-state index in [4.69, 9.17) is 5.73 Å². The van der Waals surface area contributed by atoms with Crippen molar-refractivity contribution < 1.29 is 0 Å². The largest absolute Gasteiger partial charge is 0.325 e. The van der Waals surface area contributed by atoms with Crippen LogP contribution in [0.1, 0.15) is 11.3 Å². The fraction of sp³-hybridized carbons (Fsp3) is 0.222. The summed E-state index contributed by atoms with van der Waals surface area (Å²) >= 11 is 0. The van der Waals surface area contributed by atoms with E-state index in [1.54, 1.807) is 10.9 Å². The van der Waals surface area contributed by atoms with Gasteiger partial charge in [-0.3, -0.25) is 0 Å². The molecule has 72 valence electrons. The number of hydrogen-bond acceptors (Lipinski definition) is 4. The molecule has 0 bridgehead atoms. The number of nitrogens with two attached hydrogens (primary N) is 1. The van der Waals surface area contributed by atoms with Gasteiger partial charge in [-0.15, -0.1) is 0 Å². The Morgan fingerprint density at radius 1 is 1.43 bits per heavy atom. The highest BCUT2D eigenvalue weighted by Gasteiger charge is 2.00. The third kappa shape index (κ3) is 1.62. The molecule has 2 aromatic heterocycles. The van der Waals surface area contributed by atoms with Crippen LogP contribution in [0.4, 0.5) is 0 Å². The first-order chi connectivity index (χ1) is 6.79. The van der Waals surface area contributed by atoms with Crippen LogP contribution in [0.25, 0.3) is 5.82 Å². The van der Waals surface area contributed by atoms with Gasteiger partial charge in [0.2, 0.25) is 0 Å². The van der Waals surface area contributed by atoms with E-state index < -0.39 is 0 Å². The molecule has 0 aliphatic rings. The minimum Gasteiger partial charge on any atom is -0.325 e. The molecule has 0 saturated heterocycles. The number of aromatic nitrogens is 4. The third-order valence-electron chi connectivity index (χ3n) is 1.86. The van der Waals surface area contributed by atoms with Gasteiger partial charge in [0, 0.05) is 18.8 Å². The second-order valence-electron chi connectivity index (χ2n) is 3.03. The molecule has 0 amide bonds. The van der Waals surface area contributed by atoms with Gasteiger partial charge in [0.25, 0.3) is 0 Å². The van der Waals surface area contributed by atoms with Crippen LogP contribution in [0.2, 0.25) is 0 Å². The van der Waals surface area contributed by atoms with Crippen LogP contribution in [0, 0.1) is 6.92 Å². The zero-order valence-electron chi connectivity index (χ0n) is 7.88. The van der Waals surface area contributed by atoms with Crippen molar-refractivity contribution in [1.82, 2.24) is 19.7 Å². The summed E-state index contributed by atoms with van der Waals surface area (Å²) in [5.74, 6) is 0.744. The fourth-order valence-electron chi connectivity index (χ4n) is 1.16. The van der Waals surface area contributed by atoms with Crippen molar-refractivity contribution in [2.75, 3.05) is 0 Å². The topological polar surface area (TPSA) is 69.6 Å². The molecule has 5 nitrogen and oxygen atoms in total. The number of hydrogen-bond donors (Lipinski definition) is 1. The minimum atomic E-state index is 0.412. The van der Waals surface area contributed by atoms with Gasteiger partial charge in [-0.05, 0) is 12.5 Å². The molecule has 2 N–H and O–H groups in total. The molecule has 0 fully saturated rings. The summed E-state index contributed by atoms with van der Waals surface area (Å²) in [6.07, 6.45) is 5.18. The molecule has 0 spiro atoms. The quantitative estimate of drug-likeness (QED) is 0.743. The molecule has 2 aromatic rings. The number of nitrogens with zero attached hydrogens (tertiary/aromatic N) is 4. The number of rotatable bonds is 2. The minimum absolute atomic E-state index is 0.412. The molecule has 2 rings (SSSR count). The Morgan fingerprint density at radius 2 is 2.29 bits per heavy atom. The first-order valence-corrected chi connectivity index (χ1v) is 4.32. The van der Waals surface area contributed by atoms with Crippen LogP contribution < -0.4 is 5.73 Å². The van der Waals surface area contributed by atoms with Gasteiger partial charge >= 0.3 is 0 Å². The van der Waals surface area contributed by atoms with Crippen LogP contribution >= 0.6 is 0 Å². The van der Waals surface area contributed by atoms with Crippen LogP contribution in [-0.4, -0.2) is 19.7 Å². The van der Waals surface area contributed by atoms with Gasteiger partial charge in [0.05, 0.1) is 11.9 Å². The molecule has 0 aromatic carbocycles. The zero-order chi connectivity index (χ0) is 9.97. The van der Waals surface area contributed by atoms with Gasteiger partial charge in [0.1, 0.15) is 6.33 Å². The maximum absolute atomic E-state index is 5.48. The van der Waals surface area contributed by atoms with Crippen molar-refractivity contribution >= 4 is 0 Å². The summed E-state index contributed by atoms with van der Waals surface area (Å²) in [4.78, 5) is 8.12. The number of aryl methyl sites for hydroxylation is 1. The van der Waals surface area contributed by atoms with E-state index in [1.165, 1.54) is 6.33 Å². The summed E-state index contributed by atoms with van der Waals surface area (Å²) in [5.41, 5.74) is 7.39. The Balaban J connectivity index is 2.41. The predicted octanol–water partition coefficient (Wildman–Crippen LogP) is 0.429. The SMILES string of the molecule is Cc1cnn(-c2cc(CN)ncn2)c1. The summed E-state index contributed by atoms with van der Waals surface area (Å²) in [7, 11) is 0. The van der Waals surface area contributed by atoms with Crippen LogP contribution in [0.3, 0.4) is 0 Å². The molecule has 0 atom stereocenters. The smallest absolute Gasteiger partial charge is 0.156 e. The van der Waals surface area contributed by atoms with Crippen molar-refractivity contribution in [1.29, 1.82) is 0 Å². The second-order valence-corrected chi connectivity index (χ2v) is 3.03. The molecule has 0 unspecified atom stereocenters. The summed E-state index contributed by atoms with van der Waals surface area (Å²) in [5, 5.41) is 4.15. The lowest BCUT2D eigenvalue weighted by Gasteiger charge is -2.00. The maximum Gasteiger partial charge on any atom is 0.156 e. The average molecular weight is 189 g/mol. The van der Waals surface area contributed by atoms with Crippen LogP contribution in [-0.2, 0) is 6.54 Å². The molecule has 0 radical (unpaired) electrons. The molecule has 2 heterocycles. The lowest BCUT2D eigenvalue weighted by molar-refractivity contribution is 0.825. The predicted molar refractivity (Wildman–Crippen MR) is 51.8 cm³/mol. The van der Waals surface area contributed by atoms with Gasteiger partial charge in [-0.1, -0.05) is 0 Å². The second kappa shape index (κ2) is 3.55. The average Bonchev–Trinajstić information content (AvgIpc) is 2.65. The van der Waals surface area contributed by atoms with Gasteiger partial charge in [-0.2, -0.15) is 5.10 Å². The van der Waals surface area contributed by atoms with Crippen molar-refractivity contribution in [3.8, 4) is 5.82 Å². The highest BCUT2D eigenvalue weighted by atomic mass is 15.3. The van der Waals surface area contributed by atoms with Gasteiger partial charge in [0.15, 0.2) is 5.82 Å². The standard InChI is InChI=1S/C9H11N5/c1-7-4-13-14(5-7)9-2-8(3-10)11-6-12-9/h2,4-6H,3,10H2,1H3. The highest BCUT2D eigenvalue weighted by Crippen LogP contribution is 2.04. The van der Waals surface area contributed by atoms with E-state index in [0.29, 0.717) is 6.54 Å². The Morgan fingerprint density at radius 3 is 2.93 bits per heavy atom. The van der Waals surface area contributed by atoms with Crippen molar-refractivity contribution in [3.63, 3.8) is 0 Å². The van der Waals surface area contributed by atoms with E-state index in [1.807, 2.05) is 19.2 Å². The summed E-state index contributed by atoms with van der Waals surface area (Å²) < 4.78 is 1.70. The van der Waals surface area contributed by atoms with Crippen molar-refractivity contribution in [2.24, 2.45) is 5.73 Å². The fourth-order valence-corrected chi connectivity index (χ4v) is 1.16. The highest BCUT2D eigenvalue weighted by molar-refractivity contribution is 5.23. The van der Waals surface area contributed by atoms with Gasteiger partial charge in [-0.25, -0.2) is 14.6 Å². The maximum atomic E-state index is 5.48. The van der Waals surface area contributed by atoms with E-state index in [-0.39, 0.29) is 0 Å². The molecule has 14 heavy (non-hydrogen) atoms. The molecular weight excluding hydrogens is 178 g/mol. The summed E-state index contributed by atoms with van der Waals surface area (Å²) in [6.45, 7) is 2.39. The molecule has 0 aliphatic carbocycles. The normalized spacial score (nSPS) is 10.4. The van der Waals surface area contributed by atoms with Crippen LogP contribution in [0.15, 0.2) is 24.8 Å².